The summed E-state index contributed by atoms with van der Waals surface area (Å²) in [5.74, 6) is -0.742. The summed E-state index contributed by atoms with van der Waals surface area (Å²) in [5.41, 5.74) is 3.64. The third-order valence-electron chi connectivity index (χ3n) is 5.95. The van der Waals surface area contributed by atoms with Crippen LogP contribution in [0.5, 0.6) is 0 Å². The first-order chi connectivity index (χ1) is 15.6. The standard InChI is InChI=1S/C24H25FN6O/c1-30-15-17(13-26-30)19-11-20-22(12-21(19)25)28-29-23(20)24(32)27-18-7-5-16(6-8-18)14-31-9-3-2-4-10-31/h5-8,11-13,15H,2-4,9-10,14H2,1H3,(H,27,32)(H,28,29). The van der Waals surface area contributed by atoms with Gasteiger partial charge in [0.2, 0.25) is 0 Å². The fourth-order valence-corrected chi connectivity index (χ4v) is 4.25. The second kappa shape index (κ2) is 8.55. The van der Waals surface area contributed by atoms with Crippen molar-refractivity contribution < 1.29 is 9.18 Å². The number of H-pyrrole nitrogens is 1. The van der Waals surface area contributed by atoms with Crippen LogP contribution < -0.4 is 5.32 Å². The van der Waals surface area contributed by atoms with Crippen LogP contribution in [0, 0.1) is 5.82 Å². The first-order valence-electron chi connectivity index (χ1n) is 10.9. The van der Waals surface area contributed by atoms with E-state index in [0.29, 0.717) is 27.7 Å². The molecule has 0 spiro atoms. The number of aromatic amines is 1. The fraction of sp³-hybridized carbons (Fsp3) is 0.292. The number of hydrogen-bond donors (Lipinski definition) is 2. The highest BCUT2D eigenvalue weighted by atomic mass is 19.1. The Morgan fingerprint density at radius 2 is 1.94 bits per heavy atom. The summed E-state index contributed by atoms with van der Waals surface area (Å²) in [6.45, 7) is 3.22. The van der Waals surface area contributed by atoms with Crippen LogP contribution in [0.1, 0.15) is 35.3 Å². The summed E-state index contributed by atoms with van der Waals surface area (Å²) < 4.78 is 16.2. The lowest BCUT2D eigenvalue weighted by molar-refractivity contribution is 0.102. The predicted octanol–water partition coefficient (Wildman–Crippen LogP) is 4.34. The number of fused-ring (bicyclic) bond motifs is 1. The Morgan fingerprint density at radius 1 is 1.16 bits per heavy atom. The van der Waals surface area contributed by atoms with Crippen molar-refractivity contribution >= 4 is 22.5 Å². The number of carbonyl (C=O) groups excluding carboxylic acids is 1. The number of likely N-dealkylation sites (tertiary alicyclic amines) is 1. The zero-order valence-corrected chi connectivity index (χ0v) is 17.9. The van der Waals surface area contributed by atoms with Crippen LogP contribution in [0.2, 0.25) is 0 Å². The molecule has 8 heteroatoms. The molecule has 0 radical (unpaired) electrons. The zero-order valence-electron chi connectivity index (χ0n) is 17.9. The summed E-state index contributed by atoms with van der Waals surface area (Å²) in [4.78, 5) is 15.4. The summed E-state index contributed by atoms with van der Waals surface area (Å²) >= 11 is 0. The number of aromatic nitrogens is 4. The number of rotatable bonds is 5. The Morgan fingerprint density at radius 3 is 2.66 bits per heavy atom. The van der Waals surface area contributed by atoms with Crippen molar-refractivity contribution in [1.29, 1.82) is 0 Å². The van der Waals surface area contributed by atoms with E-state index >= 15 is 0 Å². The lowest BCUT2D eigenvalue weighted by atomic mass is 10.0. The summed E-state index contributed by atoms with van der Waals surface area (Å²) in [6, 6.07) is 10.9. The minimum absolute atomic E-state index is 0.225. The molecule has 7 nitrogen and oxygen atoms in total. The zero-order chi connectivity index (χ0) is 22.1. The van der Waals surface area contributed by atoms with E-state index < -0.39 is 5.82 Å². The van der Waals surface area contributed by atoms with Gasteiger partial charge in [0.05, 0.1) is 11.7 Å². The molecule has 32 heavy (non-hydrogen) atoms. The van der Waals surface area contributed by atoms with Gasteiger partial charge in [-0.2, -0.15) is 10.2 Å². The lowest BCUT2D eigenvalue weighted by Crippen LogP contribution is -2.29. The number of amides is 1. The van der Waals surface area contributed by atoms with Crippen LogP contribution in [0.3, 0.4) is 0 Å². The first-order valence-corrected chi connectivity index (χ1v) is 10.9. The Balaban J connectivity index is 1.34. The SMILES string of the molecule is Cn1cc(-c2cc3c(C(=O)Nc4ccc(CN5CCCCC5)cc4)n[nH]c3cc2F)cn1. The Hall–Kier alpha value is -3.52. The average Bonchev–Trinajstić information content (AvgIpc) is 3.41. The smallest absolute Gasteiger partial charge is 0.276 e. The van der Waals surface area contributed by atoms with Gasteiger partial charge in [-0.05, 0) is 49.7 Å². The van der Waals surface area contributed by atoms with Crippen molar-refractivity contribution in [3.8, 4) is 11.1 Å². The maximum Gasteiger partial charge on any atom is 0.276 e. The van der Waals surface area contributed by atoms with E-state index in [1.807, 2.05) is 24.3 Å². The number of halogens is 1. The molecule has 1 aliphatic heterocycles. The van der Waals surface area contributed by atoms with Gasteiger partial charge in [0.1, 0.15) is 5.82 Å². The molecule has 4 aromatic rings. The van der Waals surface area contributed by atoms with Crippen LogP contribution >= 0.6 is 0 Å². The van der Waals surface area contributed by atoms with Crippen molar-refractivity contribution in [2.45, 2.75) is 25.8 Å². The summed E-state index contributed by atoms with van der Waals surface area (Å²) in [6.07, 6.45) is 7.17. The van der Waals surface area contributed by atoms with Gasteiger partial charge in [0, 0.05) is 48.1 Å². The van der Waals surface area contributed by atoms with E-state index in [4.69, 9.17) is 0 Å². The molecule has 0 atom stereocenters. The molecular weight excluding hydrogens is 407 g/mol. The van der Waals surface area contributed by atoms with Gasteiger partial charge in [0.15, 0.2) is 5.69 Å². The minimum Gasteiger partial charge on any atom is -0.321 e. The molecule has 3 heterocycles. The third-order valence-corrected chi connectivity index (χ3v) is 5.95. The molecule has 1 aliphatic rings. The van der Waals surface area contributed by atoms with Gasteiger partial charge in [-0.3, -0.25) is 19.5 Å². The first kappa shape index (κ1) is 20.4. The Kier molecular flexibility index (Phi) is 5.45. The van der Waals surface area contributed by atoms with Gasteiger partial charge in [-0.1, -0.05) is 18.6 Å². The molecule has 1 fully saturated rings. The molecule has 0 saturated carbocycles. The molecule has 164 valence electrons. The van der Waals surface area contributed by atoms with Crippen molar-refractivity contribution in [3.63, 3.8) is 0 Å². The van der Waals surface area contributed by atoms with E-state index in [9.17, 15) is 9.18 Å². The maximum atomic E-state index is 14.6. The second-order valence-electron chi connectivity index (χ2n) is 8.34. The van der Waals surface area contributed by atoms with Crippen LogP contribution in [0.4, 0.5) is 10.1 Å². The number of anilines is 1. The van der Waals surface area contributed by atoms with E-state index in [1.54, 1.807) is 30.2 Å². The highest BCUT2D eigenvalue weighted by Gasteiger charge is 2.18. The van der Waals surface area contributed by atoms with Crippen LogP contribution in [0.15, 0.2) is 48.8 Å². The predicted molar refractivity (Wildman–Crippen MR) is 122 cm³/mol. The third kappa shape index (κ3) is 4.13. The molecule has 0 aliphatic carbocycles. The summed E-state index contributed by atoms with van der Waals surface area (Å²) in [5, 5.41) is 14.5. The van der Waals surface area contributed by atoms with E-state index in [1.165, 1.54) is 30.9 Å². The molecule has 0 bridgehead atoms. The van der Waals surface area contributed by atoms with E-state index in [0.717, 1.165) is 19.6 Å². The topological polar surface area (TPSA) is 78.8 Å². The van der Waals surface area contributed by atoms with Crippen molar-refractivity contribution in [3.05, 3.63) is 65.9 Å². The number of piperidine rings is 1. The van der Waals surface area contributed by atoms with Gasteiger partial charge in [0.25, 0.3) is 5.91 Å². The minimum atomic E-state index is -0.398. The van der Waals surface area contributed by atoms with E-state index in [-0.39, 0.29) is 11.6 Å². The molecule has 2 aromatic heterocycles. The number of nitrogens with zero attached hydrogens (tertiary/aromatic N) is 4. The Labute approximate surface area is 185 Å². The number of carbonyl (C=O) groups is 1. The highest BCUT2D eigenvalue weighted by Crippen LogP contribution is 2.28. The average molecular weight is 433 g/mol. The molecule has 2 aromatic carbocycles. The van der Waals surface area contributed by atoms with Crippen molar-refractivity contribution in [2.24, 2.45) is 7.05 Å². The lowest BCUT2D eigenvalue weighted by Gasteiger charge is -2.26. The van der Waals surface area contributed by atoms with Gasteiger partial charge in [-0.25, -0.2) is 4.39 Å². The normalized spacial score (nSPS) is 14.7. The fourth-order valence-electron chi connectivity index (χ4n) is 4.25. The molecule has 0 unspecified atom stereocenters. The largest absolute Gasteiger partial charge is 0.321 e. The molecule has 5 rings (SSSR count). The quantitative estimate of drug-likeness (QED) is 0.492. The maximum absolute atomic E-state index is 14.6. The van der Waals surface area contributed by atoms with Gasteiger partial charge in [-0.15, -0.1) is 0 Å². The second-order valence-corrected chi connectivity index (χ2v) is 8.34. The van der Waals surface area contributed by atoms with Crippen LogP contribution in [0.25, 0.3) is 22.0 Å². The molecular formula is C24H25FN6O. The van der Waals surface area contributed by atoms with Crippen molar-refractivity contribution in [1.82, 2.24) is 24.9 Å². The van der Waals surface area contributed by atoms with Crippen molar-refractivity contribution in [2.75, 3.05) is 18.4 Å². The number of hydrogen-bond acceptors (Lipinski definition) is 4. The van der Waals surface area contributed by atoms with E-state index in [2.05, 4.69) is 25.5 Å². The summed E-state index contributed by atoms with van der Waals surface area (Å²) in [7, 11) is 1.77. The molecule has 1 amide bonds. The van der Waals surface area contributed by atoms with Crippen LogP contribution in [-0.2, 0) is 13.6 Å². The van der Waals surface area contributed by atoms with Gasteiger partial charge < -0.3 is 5.32 Å². The Bertz CT molecular complexity index is 1250. The highest BCUT2D eigenvalue weighted by molar-refractivity contribution is 6.11. The number of benzene rings is 2. The molecule has 2 N–H and O–H groups in total. The van der Waals surface area contributed by atoms with Crippen LogP contribution in [-0.4, -0.2) is 43.9 Å². The molecule has 1 saturated heterocycles. The number of aryl methyl sites for hydroxylation is 1. The number of nitrogens with one attached hydrogen (secondary N) is 2. The van der Waals surface area contributed by atoms with Gasteiger partial charge >= 0.3 is 0 Å². The monoisotopic (exact) mass is 432 g/mol.